The molecule has 0 aliphatic carbocycles. The molecule has 2 aromatic rings. The molecular formula is C19H26N4O2. The van der Waals surface area contributed by atoms with Gasteiger partial charge in [0.25, 0.3) is 5.91 Å². The smallest absolute Gasteiger partial charge is 0.255 e. The molecule has 0 saturated heterocycles. The molecule has 0 bridgehead atoms. The van der Waals surface area contributed by atoms with Crippen LogP contribution in [0.4, 0.5) is 0 Å². The number of nitrogens with one attached hydrogen (secondary N) is 2. The Kier molecular flexibility index (Phi) is 6.33. The second kappa shape index (κ2) is 8.46. The quantitative estimate of drug-likeness (QED) is 0.809. The van der Waals surface area contributed by atoms with Crippen molar-refractivity contribution in [3.8, 4) is 0 Å². The van der Waals surface area contributed by atoms with Crippen molar-refractivity contribution in [1.82, 2.24) is 20.4 Å². The lowest BCUT2D eigenvalue weighted by atomic mass is 10.1. The molecule has 6 heteroatoms. The highest BCUT2D eigenvalue weighted by Crippen LogP contribution is 2.15. The number of aromatic nitrogens is 2. The highest BCUT2D eigenvalue weighted by Gasteiger charge is 2.19. The lowest BCUT2D eigenvalue weighted by Crippen LogP contribution is -2.37. The summed E-state index contributed by atoms with van der Waals surface area (Å²) in [5, 5.41) is 9.89. The topological polar surface area (TPSA) is 76.0 Å². The Labute approximate surface area is 148 Å². The van der Waals surface area contributed by atoms with Crippen molar-refractivity contribution in [1.29, 1.82) is 0 Å². The molecule has 25 heavy (non-hydrogen) atoms. The SMILES string of the molecule is CCCNC(=O)CNC(=O)c1c(C)nn(Cc2ccc(C)cc2)c1C. The van der Waals surface area contributed by atoms with Crippen LogP contribution in [0.3, 0.4) is 0 Å². The molecule has 0 unspecified atom stereocenters. The summed E-state index contributed by atoms with van der Waals surface area (Å²) in [6.07, 6.45) is 0.865. The van der Waals surface area contributed by atoms with Gasteiger partial charge in [0.15, 0.2) is 0 Å². The van der Waals surface area contributed by atoms with Gasteiger partial charge in [0, 0.05) is 12.2 Å². The minimum atomic E-state index is -0.267. The largest absolute Gasteiger partial charge is 0.355 e. The zero-order valence-electron chi connectivity index (χ0n) is 15.3. The molecule has 0 aliphatic rings. The van der Waals surface area contributed by atoms with Gasteiger partial charge in [0.05, 0.1) is 24.3 Å². The predicted molar refractivity (Wildman–Crippen MR) is 97.6 cm³/mol. The van der Waals surface area contributed by atoms with Crippen LogP contribution in [-0.2, 0) is 11.3 Å². The van der Waals surface area contributed by atoms with Gasteiger partial charge in [0.2, 0.25) is 5.91 Å². The molecule has 0 aliphatic heterocycles. The number of hydrogen-bond donors (Lipinski definition) is 2. The van der Waals surface area contributed by atoms with Gasteiger partial charge < -0.3 is 10.6 Å². The van der Waals surface area contributed by atoms with Crippen molar-refractivity contribution in [2.45, 2.75) is 40.7 Å². The number of benzene rings is 1. The van der Waals surface area contributed by atoms with Gasteiger partial charge in [-0.3, -0.25) is 14.3 Å². The van der Waals surface area contributed by atoms with E-state index in [1.54, 1.807) is 0 Å². The van der Waals surface area contributed by atoms with Crippen molar-refractivity contribution >= 4 is 11.8 Å². The third kappa shape index (κ3) is 4.92. The van der Waals surface area contributed by atoms with E-state index in [9.17, 15) is 9.59 Å². The van der Waals surface area contributed by atoms with E-state index in [1.165, 1.54) is 5.56 Å². The molecule has 6 nitrogen and oxygen atoms in total. The molecule has 0 atom stereocenters. The van der Waals surface area contributed by atoms with Crippen molar-refractivity contribution in [3.63, 3.8) is 0 Å². The summed E-state index contributed by atoms with van der Waals surface area (Å²) >= 11 is 0. The van der Waals surface area contributed by atoms with Crippen molar-refractivity contribution in [2.24, 2.45) is 0 Å². The molecule has 0 saturated carbocycles. The summed E-state index contributed by atoms with van der Waals surface area (Å²) in [5.41, 5.74) is 4.33. The molecule has 2 amide bonds. The van der Waals surface area contributed by atoms with Crippen LogP contribution in [0.25, 0.3) is 0 Å². The van der Waals surface area contributed by atoms with E-state index in [2.05, 4.69) is 40.0 Å². The summed E-state index contributed by atoms with van der Waals surface area (Å²) < 4.78 is 1.83. The van der Waals surface area contributed by atoms with Crippen molar-refractivity contribution < 1.29 is 9.59 Å². The average molecular weight is 342 g/mol. The summed E-state index contributed by atoms with van der Waals surface area (Å²) in [7, 11) is 0. The number of hydrogen-bond acceptors (Lipinski definition) is 3. The minimum Gasteiger partial charge on any atom is -0.355 e. The van der Waals surface area contributed by atoms with E-state index in [0.717, 1.165) is 17.7 Å². The van der Waals surface area contributed by atoms with E-state index in [0.29, 0.717) is 24.3 Å². The number of nitrogens with zero attached hydrogens (tertiary/aromatic N) is 2. The van der Waals surface area contributed by atoms with Crippen LogP contribution in [0.15, 0.2) is 24.3 Å². The second-order valence-corrected chi connectivity index (χ2v) is 6.22. The van der Waals surface area contributed by atoms with Gasteiger partial charge in [-0.15, -0.1) is 0 Å². The molecule has 1 aromatic carbocycles. The number of rotatable bonds is 7. The summed E-state index contributed by atoms with van der Waals surface area (Å²) in [6.45, 7) is 8.91. The highest BCUT2D eigenvalue weighted by atomic mass is 16.2. The fraction of sp³-hybridized carbons (Fsp3) is 0.421. The molecular weight excluding hydrogens is 316 g/mol. The van der Waals surface area contributed by atoms with Crippen molar-refractivity contribution in [3.05, 3.63) is 52.3 Å². The van der Waals surface area contributed by atoms with Gasteiger partial charge in [0.1, 0.15) is 0 Å². The molecule has 2 N–H and O–H groups in total. The summed E-state index contributed by atoms with van der Waals surface area (Å²) in [4.78, 5) is 24.1. The van der Waals surface area contributed by atoms with E-state index in [1.807, 2.05) is 32.4 Å². The van der Waals surface area contributed by atoms with Crippen LogP contribution in [0.1, 0.15) is 46.2 Å². The van der Waals surface area contributed by atoms with Crippen LogP contribution in [0, 0.1) is 20.8 Å². The lowest BCUT2D eigenvalue weighted by Gasteiger charge is -2.08. The van der Waals surface area contributed by atoms with Crippen LogP contribution in [0.5, 0.6) is 0 Å². The van der Waals surface area contributed by atoms with Gasteiger partial charge in [-0.05, 0) is 32.8 Å². The molecule has 2 rings (SSSR count). The zero-order chi connectivity index (χ0) is 18.4. The van der Waals surface area contributed by atoms with E-state index in [-0.39, 0.29) is 18.4 Å². The van der Waals surface area contributed by atoms with Crippen LogP contribution >= 0.6 is 0 Å². The Morgan fingerprint density at radius 3 is 2.40 bits per heavy atom. The number of aryl methyl sites for hydroxylation is 2. The molecule has 1 heterocycles. The Bertz CT molecular complexity index is 748. The maximum absolute atomic E-state index is 12.4. The monoisotopic (exact) mass is 342 g/mol. The summed E-state index contributed by atoms with van der Waals surface area (Å²) in [5.74, 6) is -0.450. The Morgan fingerprint density at radius 2 is 1.76 bits per heavy atom. The summed E-state index contributed by atoms with van der Waals surface area (Å²) in [6, 6.07) is 8.24. The van der Waals surface area contributed by atoms with Crippen LogP contribution in [0.2, 0.25) is 0 Å². The normalized spacial score (nSPS) is 10.6. The molecule has 0 fully saturated rings. The van der Waals surface area contributed by atoms with E-state index < -0.39 is 0 Å². The second-order valence-electron chi connectivity index (χ2n) is 6.22. The van der Waals surface area contributed by atoms with Gasteiger partial charge in [-0.2, -0.15) is 5.10 Å². The first-order chi connectivity index (χ1) is 11.9. The van der Waals surface area contributed by atoms with Crippen LogP contribution < -0.4 is 10.6 Å². The lowest BCUT2D eigenvalue weighted by molar-refractivity contribution is -0.120. The predicted octanol–water partition coefficient (Wildman–Crippen LogP) is 2.11. The van der Waals surface area contributed by atoms with Crippen molar-refractivity contribution in [2.75, 3.05) is 13.1 Å². The van der Waals surface area contributed by atoms with Crippen LogP contribution in [-0.4, -0.2) is 34.7 Å². The van der Waals surface area contributed by atoms with E-state index >= 15 is 0 Å². The fourth-order valence-electron chi connectivity index (χ4n) is 2.62. The third-order valence-corrected chi connectivity index (χ3v) is 4.04. The molecule has 0 radical (unpaired) electrons. The first-order valence-electron chi connectivity index (χ1n) is 8.56. The molecule has 134 valence electrons. The number of carbonyl (C=O) groups excluding carboxylic acids is 2. The number of carbonyl (C=O) groups is 2. The Balaban J connectivity index is 2.06. The van der Waals surface area contributed by atoms with Gasteiger partial charge in [-0.1, -0.05) is 36.8 Å². The highest BCUT2D eigenvalue weighted by molar-refractivity contribution is 5.98. The first-order valence-corrected chi connectivity index (χ1v) is 8.56. The van der Waals surface area contributed by atoms with Gasteiger partial charge >= 0.3 is 0 Å². The molecule has 0 spiro atoms. The standard InChI is InChI=1S/C19H26N4O2/c1-5-10-20-17(24)11-21-19(25)18-14(3)22-23(15(18)4)12-16-8-6-13(2)7-9-16/h6-9H,5,10-12H2,1-4H3,(H,20,24)(H,21,25). The number of amides is 2. The first kappa shape index (κ1) is 18.7. The Morgan fingerprint density at radius 1 is 1.08 bits per heavy atom. The van der Waals surface area contributed by atoms with E-state index in [4.69, 9.17) is 0 Å². The fourth-order valence-corrected chi connectivity index (χ4v) is 2.62. The average Bonchev–Trinajstić information content (AvgIpc) is 2.86. The minimum absolute atomic E-state index is 0.0269. The zero-order valence-corrected chi connectivity index (χ0v) is 15.3. The van der Waals surface area contributed by atoms with Gasteiger partial charge in [-0.25, -0.2) is 0 Å². The maximum Gasteiger partial charge on any atom is 0.255 e. The maximum atomic E-state index is 12.4. The Hall–Kier alpha value is -2.63. The third-order valence-electron chi connectivity index (χ3n) is 4.04. The molecule has 1 aromatic heterocycles.